The molecule has 0 spiro atoms. The second kappa shape index (κ2) is 4.75. The molecule has 1 N–H and O–H groups in total. The Balaban J connectivity index is 1.76. The number of amides is 1. The number of nitrogens with zero attached hydrogens (tertiary/aromatic N) is 1. The molecule has 0 saturated carbocycles. The van der Waals surface area contributed by atoms with E-state index in [0.717, 1.165) is 23.7 Å². The first-order valence-electron chi connectivity index (χ1n) is 6.51. The molecule has 3 nitrogen and oxygen atoms in total. The van der Waals surface area contributed by atoms with Crippen LogP contribution in [0, 0.1) is 0 Å². The van der Waals surface area contributed by atoms with Gasteiger partial charge in [-0.25, -0.2) is 4.99 Å². The first-order valence-corrected chi connectivity index (χ1v) is 8.38. The van der Waals surface area contributed by atoms with Gasteiger partial charge < -0.3 is 5.32 Å². The summed E-state index contributed by atoms with van der Waals surface area (Å²) < 4.78 is 0. The fourth-order valence-electron chi connectivity index (χ4n) is 2.65. The maximum atomic E-state index is 11.2. The number of fused-ring (bicyclic) bond motifs is 3. The third-order valence-corrected chi connectivity index (χ3v) is 5.50. The number of rotatable bonds is 1. The van der Waals surface area contributed by atoms with Gasteiger partial charge in [-0.1, -0.05) is 36.0 Å². The molecule has 1 amide bonds. The van der Waals surface area contributed by atoms with Crippen molar-refractivity contribution in [1.29, 1.82) is 0 Å². The van der Waals surface area contributed by atoms with E-state index in [0.29, 0.717) is 5.75 Å². The van der Waals surface area contributed by atoms with Crippen LogP contribution in [0.15, 0.2) is 34.6 Å². The molecular formula is C15H12N2OS2. The van der Waals surface area contributed by atoms with Crippen molar-refractivity contribution in [3.63, 3.8) is 0 Å². The number of benzene rings is 1. The van der Waals surface area contributed by atoms with Crippen molar-refractivity contribution in [1.82, 2.24) is 5.32 Å². The van der Waals surface area contributed by atoms with Crippen LogP contribution in [-0.4, -0.2) is 16.8 Å². The largest absolute Gasteiger partial charge is 0.304 e. The molecule has 1 saturated heterocycles. The van der Waals surface area contributed by atoms with Crippen molar-refractivity contribution in [2.75, 3.05) is 5.75 Å². The number of aliphatic imine (C=N–C) groups is 1. The molecule has 1 aliphatic carbocycles. The molecule has 2 aromatic rings. The second-order valence-electron chi connectivity index (χ2n) is 4.84. The lowest BCUT2D eigenvalue weighted by Crippen LogP contribution is -2.19. The van der Waals surface area contributed by atoms with Gasteiger partial charge in [0.1, 0.15) is 0 Å². The fourth-order valence-corrected chi connectivity index (χ4v) is 4.44. The van der Waals surface area contributed by atoms with E-state index in [1.165, 1.54) is 33.3 Å². The van der Waals surface area contributed by atoms with E-state index < -0.39 is 0 Å². The fraction of sp³-hybridized carbons (Fsp3) is 0.200. The van der Waals surface area contributed by atoms with Crippen LogP contribution in [0.4, 0.5) is 5.69 Å². The monoisotopic (exact) mass is 300 g/mol. The van der Waals surface area contributed by atoms with Crippen molar-refractivity contribution in [2.45, 2.75) is 12.8 Å². The summed E-state index contributed by atoms with van der Waals surface area (Å²) in [6.45, 7) is 0. The van der Waals surface area contributed by atoms with Crippen molar-refractivity contribution < 1.29 is 4.79 Å². The highest BCUT2D eigenvalue weighted by molar-refractivity contribution is 8.15. The minimum atomic E-state index is 0.0446. The molecule has 0 radical (unpaired) electrons. The molecule has 0 atom stereocenters. The van der Waals surface area contributed by atoms with Crippen molar-refractivity contribution in [3.8, 4) is 10.4 Å². The van der Waals surface area contributed by atoms with E-state index in [1.807, 2.05) is 0 Å². The van der Waals surface area contributed by atoms with Gasteiger partial charge in [-0.3, -0.25) is 4.79 Å². The van der Waals surface area contributed by atoms with Crippen LogP contribution in [0.3, 0.4) is 0 Å². The molecule has 1 aliphatic heterocycles. The average Bonchev–Trinajstić information content (AvgIpc) is 3.06. The minimum Gasteiger partial charge on any atom is -0.304 e. The molecule has 5 heteroatoms. The Kier molecular flexibility index (Phi) is 2.89. The predicted molar refractivity (Wildman–Crippen MR) is 84.9 cm³/mol. The number of hydrogen-bond donors (Lipinski definition) is 1. The third-order valence-electron chi connectivity index (χ3n) is 3.59. The number of aryl methyl sites for hydroxylation is 1. The molecule has 1 aromatic carbocycles. The number of thiophene rings is 1. The molecule has 1 fully saturated rings. The van der Waals surface area contributed by atoms with Gasteiger partial charge >= 0.3 is 0 Å². The van der Waals surface area contributed by atoms with Crippen LogP contribution in [0.1, 0.15) is 11.1 Å². The van der Waals surface area contributed by atoms with E-state index in [4.69, 9.17) is 0 Å². The topological polar surface area (TPSA) is 41.5 Å². The lowest BCUT2D eigenvalue weighted by atomic mass is 9.91. The summed E-state index contributed by atoms with van der Waals surface area (Å²) in [4.78, 5) is 17.2. The number of hydrogen-bond acceptors (Lipinski definition) is 4. The summed E-state index contributed by atoms with van der Waals surface area (Å²) in [5.41, 5.74) is 5.10. The lowest BCUT2D eigenvalue weighted by molar-refractivity contribution is -0.116. The Morgan fingerprint density at radius 2 is 2.10 bits per heavy atom. The van der Waals surface area contributed by atoms with Gasteiger partial charge in [0, 0.05) is 10.3 Å². The summed E-state index contributed by atoms with van der Waals surface area (Å²) in [7, 11) is 0. The van der Waals surface area contributed by atoms with Crippen LogP contribution in [0.2, 0.25) is 0 Å². The van der Waals surface area contributed by atoms with Gasteiger partial charge in [0.15, 0.2) is 5.17 Å². The Morgan fingerprint density at radius 3 is 2.95 bits per heavy atom. The van der Waals surface area contributed by atoms with Crippen molar-refractivity contribution in [3.05, 3.63) is 40.8 Å². The summed E-state index contributed by atoms with van der Waals surface area (Å²) in [6, 6.07) is 8.58. The molecule has 4 rings (SSSR count). The molecule has 1 aromatic heterocycles. The molecule has 20 heavy (non-hydrogen) atoms. The summed E-state index contributed by atoms with van der Waals surface area (Å²) >= 11 is 3.23. The maximum Gasteiger partial charge on any atom is 0.236 e. The number of amidine groups is 1. The van der Waals surface area contributed by atoms with E-state index in [-0.39, 0.29) is 5.91 Å². The van der Waals surface area contributed by atoms with E-state index in [2.05, 4.69) is 40.0 Å². The number of nitrogens with one attached hydrogen (secondary N) is 1. The highest BCUT2D eigenvalue weighted by Gasteiger charge is 2.22. The van der Waals surface area contributed by atoms with Gasteiger partial charge in [0.2, 0.25) is 5.91 Å². The van der Waals surface area contributed by atoms with Gasteiger partial charge in [0.05, 0.1) is 11.4 Å². The van der Waals surface area contributed by atoms with Crippen molar-refractivity contribution >= 4 is 39.9 Å². The van der Waals surface area contributed by atoms with Crippen LogP contribution in [0.25, 0.3) is 10.4 Å². The van der Waals surface area contributed by atoms with Crippen LogP contribution < -0.4 is 5.32 Å². The highest BCUT2D eigenvalue weighted by atomic mass is 32.2. The zero-order valence-corrected chi connectivity index (χ0v) is 12.3. The molecular weight excluding hydrogens is 288 g/mol. The number of thioether (sulfide) groups is 1. The first-order chi connectivity index (χ1) is 9.81. The Labute approximate surface area is 125 Å². The van der Waals surface area contributed by atoms with Crippen LogP contribution in [-0.2, 0) is 17.6 Å². The zero-order valence-electron chi connectivity index (χ0n) is 10.7. The predicted octanol–water partition coefficient (Wildman–Crippen LogP) is 3.36. The summed E-state index contributed by atoms with van der Waals surface area (Å²) in [6.07, 6.45) is 2.10. The SMILES string of the molecule is O=C1CSC(=Nc2csc3c2CCc2ccccc2-3)N1. The standard InChI is InChI=1S/C15H12N2OS2/c18-13-8-20-15(17-13)16-12-7-19-14-10-4-2-1-3-9(10)5-6-11(12)14/h1-4,7H,5-6,8H2,(H,16,17,18). The maximum absolute atomic E-state index is 11.2. The quantitative estimate of drug-likeness (QED) is 0.877. The van der Waals surface area contributed by atoms with E-state index in [1.54, 1.807) is 11.3 Å². The van der Waals surface area contributed by atoms with Gasteiger partial charge in [-0.2, -0.15) is 0 Å². The number of carbonyl (C=O) groups excluding carboxylic acids is 1. The van der Waals surface area contributed by atoms with Gasteiger partial charge in [0.25, 0.3) is 0 Å². The molecule has 2 aliphatic rings. The number of carbonyl (C=O) groups is 1. The Hall–Kier alpha value is -1.59. The van der Waals surface area contributed by atoms with E-state index >= 15 is 0 Å². The minimum absolute atomic E-state index is 0.0446. The molecule has 0 bridgehead atoms. The molecule has 2 heterocycles. The van der Waals surface area contributed by atoms with Crippen LogP contribution in [0.5, 0.6) is 0 Å². The third kappa shape index (κ3) is 1.98. The Morgan fingerprint density at radius 1 is 1.20 bits per heavy atom. The highest BCUT2D eigenvalue weighted by Crippen LogP contribution is 2.43. The second-order valence-corrected chi connectivity index (χ2v) is 6.68. The summed E-state index contributed by atoms with van der Waals surface area (Å²) in [5.74, 6) is 0.525. The Bertz CT molecular complexity index is 733. The lowest BCUT2D eigenvalue weighted by Gasteiger charge is -2.16. The smallest absolute Gasteiger partial charge is 0.236 e. The average molecular weight is 300 g/mol. The molecule has 100 valence electrons. The first kappa shape index (κ1) is 12.2. The molecule has 0 unspecified atom stereocenters. The van der Waals surface area contributed by atoms with E-state index in [9.17, 15) is 4.79 Å². The van der Waals surface area contributed by atoms with Crippen LogP contribution >= 0.6 is 23.1 Å². The van der Waals surface area contributed by atoms with Gasteiger partial charge in [-0.05, 0) is 29.5 Å². The normalized spacial score (nSPS) is 18.8. The zero-order chi connectivity index (χ0) is 13.5. The van der Waals surface area contributed by atoms with Gasteiger partial charge in [-0.15, -0.1) is 11.3 Å². The summed E-state index contributed by atoms with van der Waals surface area (Å²) in [5, 5.41) is 5.63. The van der Waals surface area contributed by atoms with Crippen molar-refractivity contribution in [2.24, 2.45) is 4.99 Å².